The zero-order valence-electron chi connectivity index (χ0n) is 12.0. The Morgan fingerprint density at radius 2 is 2.00 bits per heavy atom. The molecular formula is C14H16N4O2S. The van der Waals surface area contributed by atoms with Gasteiger partial charge in [0, 0.05) is 30.7 Å². The molecule has 1 aromatic heterocycles. The lowest BCUT2D eigenvalue weighted by molar-refractivity contribution is 0.102. The number of carbonyl (C=O) groups is 1. The molecular weight excluding hydrogens is 288 g/mol. The molecule has 0 unspecified atom stereocenters. The third-order valence-electron chi connectivity index (χ3n) is 2.89. The maximum Gasteiger partial charge on any atom is 0.257 e. The monoisotopic (exact) mass is 304 g/mol. The van der Waals surface area contributed by atoms with Crippen molar-refractivity contribution in [2.75, 3.05) is 24.3 Å². The first-order valence-electron chi connectivity index (χ1n) is 6.24. The van der Waals surface area contributed by atoms with Crippen LogP contribution in [0.25, 0.3) is 0 Å². The maximum absolute atomic E-state index is 12.1. The molecule has 0 aliphatic carbocycles. The van der Waals surface area contributed by atoms with Crippen LogP contribution in [0.5, 0.6) is 0 Å². The summed E-state index contributed by atoms with van der Waals surface area (Å²) in [7, 11) is 3.88. The lowest BCUT2D eigenvalue weighted by atomic mass is 10.2. The molecule has 0 atom stereocenters. The fourth-order valence-electron chi connectivity index (χ4n) is 1.63. The van der Waals surface area contributed by atoms with Crippen LogP contribution >= 0.6 is 11.3 Å². The van der Waals surface area contributed by atoms with Crippen LogP contribution in [-0.2, 0) is 0 Å². The number of hydrogen-bond acceptors (Lipinski definition) is 6. The summed E-state index contributed by atoms with van der Waals surface area (Å²) >= 11 is 1.28. The zero-order valence-corrected chi connectivity index (χ0v) is 12.8. The minimum Gasteiger partial charge on any atom is -0.411 e. The number of hydrogen-bond donors (Lipinski definition) is 2. The topological polar surface area (TPSA) is 77.8 Å². The molecule has 110 valence electrons. The summed E-state index contributed by atoms with van der Waals surface area (Å²) in [4.78, 5) is 18.3. The second kappa shape index (κ2) is 6.36. The number of oxime groups is 1. The average molecular weight is 304 g/mol. The molecule has 2 N–H and O–H groups in total. The first-order valence-corrected chi connectivity index (χ1v) is 7.12. The molecule has 2 aromatic rings. The van der Waals surface area contributed by atoms with Crippen molar-refractivity contribution in [3.05, 3.63) is 40.9 Å². The molecule has 21 heavy (non-hydrogen) atoms. The summed E-state index contributed by atoms with van der Waals surface area (Å²) in [6, 6.07) is 7.29. The van der Waals surface area contributed by atoms with E-state index in [9.17, 15) is 4.79 Å². The standard InChI is InChI=1S/C14H16N4O2S/c1-9(17-20)12-8-21-14(15-12)16-13(19)10-4-6-11(7-5-10)18(2)3/h4-8,20H,1-3H3,(H,15,16,19). The Kier molecular flexibility index (Phi) is 4.54. The van der Waals surface area contributed by atoms with Gasteiger partial charge in [-0.1, -0.05) is 5.16 Å². The third kappa shape index (κ3) is 3.57. The van der Waals surface area contributed by atoms with E-state index < -0.39 is 0 Å². The molecule has 0 bridgehead atoms. The predicted molar refractivity (Wildman–Crippen MR) is 84.8 cm³/mol. The molecule has 7 heteroatoms. The van der Waals surface area contributed by atoms with Gasteiger partial charge in [-0.15, -0.1) is 11.3 Å². The number of aromatic nitrogens is 1. The smallest absolute Gasteiger partial charge is 0.257 e. The van der Waals surface area contributed by atoms with Crippen molar-refractivity contribution in [3.63, 3.8) is 0 Å². The number of amides is 1. The minimum atomic E-state index is -0.222. The van der Waals surface area contributed by atoms with Gasteiger partial charge in [0.2, 0.25) is 0 Å². The van der Waals surface area contributed by atoms with Gasteiger partial charge < -0.3 is 10.1 Å². The van der Waals surface area contributed by atoms with Crippen molar-refractivity contribution in [1.29, 1.82) is 0 Å². The molecule has 0 saturated heterocycles. The van der Waals surface area contributed by atoms with E-state index in [0.717, 1.165) is 5.69 Å². The molecule has 0 spiro atoms. The SMILES string of the molecule is CC(=NO)c1csc(NC(=O)c2ccc(N(C)C)cc2)n1. The minimum absolute atomic E-state index is 0.222. The number of nitrogens with zero attached hydrogens (tertiary/aromatic N) is 3. The van der Waals surface area contributed by atoms with E-state index in [1.165, 1.54) is 11.3 Å². The molecule has 1 heterocycles. The molecule has 0 saturated carbocycles. The number of nitrogens with one attached hydrogen (secondary N) is 1. The van der Waals surface area contributed by atoms with Crippen molar-refractivity contribution < 1.29 is 10.0 Å². The Balaban J connectivity index is 2.09. The van der Waals surface area contributed by atoms with E-state index in [0.29, 0.717) is 22.1 Å². The van der Waals surface area contributed by atoms with Gasteiger partial charge in [-0.2, -0.15) is 0 Å². The lowest BCUT2D eigenvalue weighted by Gasteiger charge is -2.12. The lowest BCUT2D eigenvalue weighted by Crippen LogP contribution is -2.13. The van der Waals surface area contributed by atoms with E-state index in [2.05, 4.69) is 15.5 Å². The van der Waals surface area contributed by atoms with Crippen LogP contribution < -0.4 is 10.2 Å². The van der Waals surface area contributed by atoms with Crippen molar-refractivity contribution in [2.45, 2.75) is 6.92 Å². The highest BCUT2D eigenvalue weighted by Gasteiger charge is 2.10. The van der Waals surface area contributed by atoms with Gasteiger partial charge in [0.1, 0.15) is 11.4 Å². The molecule has 0 radical (unpaired) electrons. The highest BCUT2D eigenvalue weighted by Crippen LogP contribution is 2.18. The van der Waals surface area contributed by atoms with Crippen molar-refractivity contribution in [2.24, 2.45) is 5.16 Å². The normalized spacial score (nSPS) is 11.3. The third-order valence-corrected chi connectivity index (χ3v) is 3.65. The van der Waals surface area contributed by atoms with E-state index in [4.69, 9.17) is 5.21 Å². The van der Waals surface area contributed by atoms with E-state index in [-0.39, 0.29) is 5.91 Å². The zero-order chi connectivity index (χ0) is 15.4. The quantitative estimate of drug-likeness (QED) is 0.517. The van der Waals surface area contributed by atoms with Crippen molar-refractivity contribution in [1.82, 2.24) is 4.98 Å². The summed E-state index contributed by atoms with van der Waals surface area (Å²) in [5, 5.41) is 16.7. The summed E-state index contributed by atoms with van der Waals surface area (Å²) in [6.45, 7) is 1.64. The number of rotatable bonds is 4. The highest BCUT2D eigenvalue weighted by molar-refractivity contribution is 7.14. The van der Waals surface area contributed by atoms with Gasteiger partial charge in [0.25, 0.3) is 5.91 Å². The van der Waals surface area contributed by atoms with Crippen molar-refractivity contribution >= 4 is 33.8 Å². The van der Waals surface area contributed by atoms with Gasteiger partial charge >= 0.3 is 0 Å². The van der Waals surface area contributed by atoms with Gasteiger partial charge in [-0.25, -0.2) is 4.98 Å². The number of thiazole rings is 1. The van der Waals surface area contributed by atoms with E-state index >= 15 is 0 Å². The van der Waals surface area contributed by atoms with Gasteiger partial charge in [-0.05, 0) is 31.2 Å². The maximum atomic E-state index is 12.1. The average Bonchev–Trinajstić information content (AvgIpc) is 2.95. The Hall–Kier alpha value is -2.41. The second-order valence-electron chi connectivity index (χ2n) is 4.62. The predicted octanol–water partition coefficient (Wildman–Crippen LogP) is 2.66. The fourth-order valence-corrected chi connectivity index (χ4v) is 2.38. The number of benzene rings is 1. The van der Waals surface area contributed by atoms with Gasteiger partial charge in [-0.3, -0.25) is 10.1 Å². The summed E-state index contributed by atoms with van der Waals surface area (Å²) in [5.41, 5.74) is 2.53. The van der Waals surface area contributed by atoms with Crippen LogP contribution in [0.3, 0.4) is 0 Å². The molecule has 1 aromatic carbocycles. The summed E-state index contributed by atoms with van der Waals surface area (Å²) in [6.07, 6.45) is 0. The van der Waals surface area contributed by atoms with E-state index in [1.807, 2.05) is 31.1 Å². The molecule has 0 aliphatic heterocycles. The Morgan fingerprint density at radius 3 is 2.57 bits per heavy atom. The molecule has 0 fully saturated rings. The van der Waals surface area contributed by atoms with E-state index in [1.54, 1.807) is 24.4 Å². The van der Waals surface area contributed by atoms with Crippen LogP contribution in [0.2, 0.25) is 0 Å². The molecule has 2 rings (SSSR count). The first kappa shape index (κ1) is 15.0. The van der Waals surface area contributed by atoms with Crippen LogP contribution in [0.1, 0.15) is 23.0 Å². The van der Waals surface area contributed by atoms with Gasteiger partial charge in [0.15, 0.2) is 5.13 Å². The largest absolute Gasteiger partial charge is 0.411 e. The van der Waals surface area contributed by atoms with Crippen LogP contribution in [0, 0.1) is 0 Å². The summed E-state index contributed by atoms with van der Waals surface area (Å²) < 4.78 is 0. The summed E-state index contributed by atoms with van der Waals surface area (Å²) in [5.74, 6) is -0.222. The molecule has 0 aliphatic rings. The molecule has 6 nitrogen and oxygen atoms in total. The Morgan fingerprint density at radius 1 is 1.33 bits per heavy atom. The highest BCUT2D eigenvalue weighted by atomic mass is 32.1. The second-order valence-corrected chi connectivity index (χ2v) is 5.48. The van der Waals surface area contributed by atoms with Crippen LogP contribution in [0.15, 0.2) is 34.8 Å². The Labute approximate surface area is 126 Å². The van der Waals surface area contributed by atoms with Crippen LogP contribution in [0.4, 0.5) is 10.8 Å². The number of carbonyl (C=O) groups excluding carboxylic acids is 1. The fraction of sp³-hybridized carbons (Fsp3) is 0.214. The first-order chi connectivity index (χ1) is 10.0. The molecule has 1 amide bonds. The van der Waals surface area contributed by atoms with Crippen molar-refractivity contribution in [3.8, 4) is 0 Å². The van der Waals surface area contributed by atoms with Gasteiger partial charge in [0.05, 0.1) is 0 Å². The number of anilines is 2. The van der Waals surface area contributed by atoms with Crippen LogP contribution in [-0.4, -0.2) is 35.9 Å². The Bertz CT molecular complexity index is 662.